The van der Waals surface area contributed by atoms with Crippen molar-refractivity contribution in [1.29, 1.82) is 0 Å². The third kappa shape index (κ3) is 4.55. The molecule has 4 aromatic rings. The molecule has 31 heavy (non-hydrogen) atoms. The first-order valence-corrected chi connectivity index (χ1v) is 9.29. The van der Waals surface area contributed by atoms with Gasteiger partial charge in [0.15, 0.2) is 0 Å². The fraction of sp³-hybridized carbons (Fsp3) is 0.0909. The third-order valence-corrected chi connectivity index (χ3v) is 4.38. The Kier molecular flexibility index (Phi) is 5.40. The van der Waals surface area contributed by atoms with Crippen LogP contribution in [0.2, 0.25) is 0 Å². The van der Waals surface area contributed by atoms with Gasteiger partial charge in [0.1, 0.15) is 34.9 Å². The number of aromatic nitrogens is 4. The topological polar surface area (TPSA) is 81.9 Å². The van der Waals surface area contributed by atoms with Crippen molar-refractivity contribution < 1.29 is 18.3 Å². The summed E-state index contributed by atoms with van der Waals surface area (Å²) in [4.78, 5) is 25.1. The Hall–Kier alpha value is -4.14. The molecule has 0 aliphatic heterocycles. The number of nitrogens with one attached hydrogen (secondary N) is 1. The van der Waals surface area contributed by atoms with E-state index in [0.29, 0.717) is 35.0 Å². The molecule has 0 saturated heterocycles. The molecule has 1 N–H and O–H groups in total. The summed E-state index contributed by atoms with van der Waals surface area (Å²) in [5.41, 5.74) is 0.176. The molecule has 0 aliphatic carbocycles. The highest BCUT2D eigenvalue weighted by Gasteiger charge is 2.13. The Morgan fingerprint density at radius 2 is 1.81 bits per heavy atom. The predicted octanol–water partition coefficient (Wildman–Crippen LogP) is 4.60. The average molecular weight is 421 g/mol. The number of hydrogen-bond donors (Lipinski definition) is 1. The molecule has 2 heterocycles. The Morgan fingerprint density at radius 1 is 1.03 bits per heavy atom. The maximum absolute atomic E-state index is 13.8. The standard InChI is InChI=1S/C22H17F2N5O2/c1-13-26-20(29-10-9-25-14(29)2)12-21(27-13)31-17-6-4-16(5-7-17)28-22(30)18-8-3-15(23)11-19(18)24/h3-12H,1-2H3,(H,28,30). The van der Waals surface area contributed by atoms with Gasteiger partial charge >= 0.3 is 0 Å². The number of halogens is 2. The molecule has 0 atom stereocenters. The van der Waals surface area contributed by atoms with Crippen LogP contribution in [0.3, 0.4) is 0 Å². The number of amides is 1. The lowest BCUT2D eigenvalue weighted by Crippen LogP contribution is -2.13. The predicted molar refractivity (Wildman–Crippen MR) is 109 cm³/mol. The molecule has 7 nitrogen and oxygen atoms in total. The van der Waals surface area contributed by atoms with Crippen LogP contribution in [-0.2, 0) is 0 Å². The van der Waals surface area contributed by atoms with E-state index >= 15 is 0 Å². The summed E-state index contributed by atoms with van der Waals surface area (Å²) in [7, 11) is 0. The van der Waals surface area contributed by atoms with Crippen LogP contribution in [0.25, 0.3) is 5.82 Å². The Morgan fingerprint density at radius 3 is 2.48 bits per heavy atom. The van der Waals surface area contributed by atoms with E-state index in [4.69, 9.17) is 4.74 Å². The van der Waals surface area contributed by atoms with Crippen LogP contribution in [0.15, 0.2) is 60.9 Å². The first kappa shape index (κ1) is 20.1. The molecule has 0 spiro atoms. The average Bonchev–Trinajstić information content (AvgIpc) is 3.15. The second-order valence-electron chi connectivity index (χ2n) is 6.66. The van der Waals surface area contributed by atoms with E-state index in [9.17, 15) is 13.6 Å². The van der Waals surface area contributed by atoms with Crippen LogP contribution in [0.4, 0.5) is 14.5 Å². The zero-order valence-corrected chi connectivity index (χ0v) is 16.6. The zero-order chi connectivity index (χ0) is 22.0. The fourth-order valence-corrected chi connectivity index (χ4v) is 2.92. The highest BCUT2D eigenvalue weighted by molar-refractivity contribution is 6.04. The number of benzene rings is 2. The summed E-state index contributed by atoms with van der Waals surface area (Å²) in [6.07, 6.45) is 3.47. The second kappa shape index (κ2) is 8.31. The molecule has 4 rings (SSSR count). The number of nitrogens with zero attached hydrogens (tertiary/aromatic N) is 4. The van der Waals surface area contributed by atoms with Crippen LogP contribution in [0.1, 0.15) is 22.0 Å². The third-order valence-electron chi connectivity index (χ3n) is 4.38. The number of carbonyl (C=O) groups is 1. The molecule has 0 saturated carbocycles. The molecular formula is C22H17F2N5O2. The summed E-state index contributed by atoms with van der Waals surface area (Å²) in [6.45, 7) is 3.62. The summed E-state index contributed by atoms with van der Waals surface area (Å²) >= 11 is 0. The van der Waals surface area contributed by atoms with E-state index in [1.165, 1.54) is 0 Å². The van der Waals surface area contributed by atoms with Crippen molar-refractivity contribution in [2.75, 3.05) is 5.32 Å². The molecular weight excluding hydrogens is 404 g/mol. The van der Waals surface area contributed by atoms with Gasteiger partial charge in [0.2, 0.25) is 5.88 Å². The van der Waals surface area contributed by atoms with Gasteiger partial charge < -0.3 is 10.1 Å². The minimum Gasteiger partial charge on any atom is -0.439 e. The lowest BCUT2D eigenvalue weighted by atomic mass is 10.2. The largest absolute Gasteiger partial charge is 0.439 e. The van der Waals surface area contributed by atoms with Crippen molar-refractivity contribution in [3.05, 3.63) is 89.8 Å². The minimum absolute atomic E-state index is 0.250. The Bertz CT molecular complexity index is 1260. The minimum atomic E-state index is -0.930. The van der Waals surface area contributed by atoms with E-state index in [0.717, 1.165) is 18.0 Å². The van der Waals surface area contributed by atoms with Gasteiger partial charge in [0.25, 0.3) is 5.91 Å². The van der Waals surface area contributed by atoms with Crippen LogP contribution in [-0.4, -0.2) is 25.4 Å². The SMILES string of the molecule is Cc1nc(Oc2ccc(NC(=O)c3ccc(F)cc3F)cc2)cc(-n2ccnc2C)n1. The maximum Gasteiger partial charge on any atom is 0.258 e. The van der Waals surface area contributed by atoms with Crippen molar-refractivity contribution in [3.63, 3.8) is 0 Å². The maximum atomic E-state index is 13.8. The van der Waals surface area contributed by atoms with Crippen LogP contribution in [0.5, 0.6) is 11.6 Å². The molecule has 0 unspecified atom stereocenters. The molecule has 0 aliphatic rings. The fourth-order valence-electron chi connectivity index (χ4n) is 2.92. The smallest absolute Gasteiger partial charge is 0.258 e. The van der Waals surface area contributed by atoms with E-state index in [2.05, 4.69) is 20.3 Å². The van der Waals surface area contributed by atoms with Gasteiger partial charge in [-0.1, -0.05) is 0 Å². The lowest BCUT2D eigenvalue weighted by Gasteiger charge is -2.10. The highest BCUT2D eigenvalue weighted by atomic mass is 19.1. The number of imidazole rings is 1. The van der Waals surface area contributed by atoms with Crippen molar-refractivity contribution in [2.24, 2.45) is 0 Å². The summed E-state index contributed by atoms with van der Waals surface area (Å²) in [6, 6.07) is 10.9. The monoisotopic (exact) mass is 421 g/mol. The van der Waals surface area contributed by atoms with Gasteiger partial charge in [-0.3, -0.25) is 9.36 Å². The van der Waals surface area contributed by atoms with Crippen LogP contribution in [0, 0.1) is 25.5 Å². The molecule has 2 aromatic carbocycles. The summed E-state index contributed by atoms with van der Waals surface area (Å²) in [5, 5.41) is 2.56. The van der Waals surface area contributed by atoms with E-state index in [-0.39, 0.29) is 5.56 Å². The molecule has 156 valence electrons. The summed E-state index contributed by atoms with van der Waals surface area (Å²) in [5.74, 6) is 0.411. The second-order valence-corrected chi connectivity index (χ2v) is 6.66. The van der Waals surface area contributed by atoms with Gasteiger partial charge in [-0.2, -0.15) is 4.98 Å². The number of aryl methyl sites for hydroxylation is 2. The molecule has 9 heteroatoms. The number of ether oxygens (including phenoxy) is 1. The Labute approximate surface area is 176 Å². The van der Waals surface area contributed by atoms with E-state index in [1.54, 1.807) is 49.6 Å². The molecule has 0 bridgehead atoms. The van der Waals surface area contributed by atoms with Crippen LogP contribution >= 0.6 is 0 Å². The highest BCUT2D eigenvalue weighted by Crippen LogP contribution is 2.24. The van der Waals surface area contributed by atoms with Crippen molar-refractivity contribution in [2.45, 2.75) is 13.8 Å². The first-order valence-electron chi connectivity index (χ1n) is 9.29. The molecule has 0 fully saturated rings. The van der Waals surface area contributed by atoms with Crippen molar-refractivity contribution >= 4 is 11.6 Å². The number of hydrogen-bond acceptors (Lipinski definition) is 5. The lowest BCUT2D eigenvalue weighted by molar-refractivity contribution is 0.102. The quantitative estimate of drug-likeness (QED) is 0.509. The first-order chi connectivity index (χ1) is 14.9. The van der Waals surface area contributed by atoms with E-state index < -0.39 is 17.5 Å². The van der Waals surface area contributed by atoms with Gasteiger partial charge in [-0.15, -0.1) is 0 Å². The van der Waals surface area contributed by atoms with E-state index in [1.807, 2.05) is 11.5 Å². The number of rotatable bonds is 5. The van der Waals surface area contributed by atoms with Gasteiger partial charge in [-0.05, 0) is 50.2 Å². The zero-order valence-electron chi connectivity index (χ0n) is 16.6. The Balaban J connectivity index is 1.48. The number of carbonyl (C=O) groups excluding carboxylic acids is 1. The summed E-state index contributed by atoms with van der Waals surface area (Å²) < 4.78 is 34.4. The molecule has 2 aromatic heterocycles. The van der Waals surface area contributed by atoms with Crippen molar-refractivity contribution in [3.8, 4) is 17.4 Å². The molecule has 0 radical (unpaired) electrons. The number of anilines is 1. The molecule has 1 amide bonds. The van der Waals surface area contributed by atoms with Gasteiger partial charge in [0, 0.05) is 30.2 Å². The normalized spacial score (nSPS) is 10.7. The van der Waals surface area contributed by atoms with Gasteiger partial charge in [0.05, 0.1) is 5.56 Å². The van der Waals surface area contributed by atoms with Crippen LogP contribution < -0.4 is 10.1 Å². The van der Waals surface area contributed by atoms with Gasteiger partial charge in [-0.25, -0.2) is 18.7 Å². The van der Waals surface area contributed by atoms with Crippen molar-refractivity contribution in [1.82, 2.24) is 19.5 Å².